The van der Waals surface area contributed by atoms with E-state index in [4.69, 9.17) is 0 Å². The molecule has 0 fully saturated rings. The van der Waals surface area contributed by atoms with E-state index in [0.717, 1.165) is 19.5 Å². The predicted octanol–water partition coefficient (Wildman–Crippen LogP) is 2.67. The maximum Gasteiger partial charge on any atom is 0.0480 e. The lowest BCUT2D eigenvalue weighted by molar-refractivity contribution is 0.358. The standard InChI is InChI=1S/C14H20N2/c1-4-15(2)10-9-12-11-16(3)14-8-6-5-7-13(12)14/h5-8,11H,4,9-10H2,1-3H3. The number of para-hydroxylation sites is 1. The Morgan fingerprint density at radius 3 is 2.75 bits per heavy atom. The number of hydrogen-bond acceptors (Lipinski definition) is 1. The molecule has 0 unspecified atom stereocenters. The zero-order valence-electron chi connectivity index (χ0n) is 10.4. The van der Waals surface area contributed by atoms with Crippen molar-refractivity contribution < 1.29 is 0 Å². The topological polar surface area (TPSA) is 8.17 Å². The largest absolute Gasteiger partial charge is 0.350 e. The lowest BCUT2D eigenvalue weighted by Gasteiger charge is -2.12. The van der Waals surface area contributed by atoms with Gasteiger partial charge >= 0.3 is 0 Å². The minimum Gasteiger partial charge on any atom is -0.350 e. The van der Waals surface area contributed by atoms with E-state index in [0.29, 0.717) is 0 Å². The summed E-state index contributed by atoms with van der Waals surface area (Å²) in [7, 11) is 4.29. The van der Waals surface area contributed by atoms with Gasteiger partial charge in [0, 0.05) is 30.7 Å². The summed E-state index contributed by atoms with van der Waals surface area (Å²) in [5.74, 6) is 0. The van der Waals surface area contributed by atoms with Gasteiger partial charge in [0.05, 0.1) is 0 Å². The third-order valence-corrected chi connectivity index (χ3v) is 3.28. The summed E-state index contributed by atoms with van der Waals surface area (Å²) in [6.07, 6.45) is 3.39. The van der Waals surface area contributed by atoms with E-state index in [9.17, 15) is 0 Å². The average molecular weight is 216 g/mol. The summed E-state index contributed by atoms with van der Waals surface area (Å²) < 4.78 is 2.22. The fourth-order valence-electron chi connectivity index (χ4n) is 2.09. The molecule has 0 saturated carbocycles. The molecule has 1 aromatic carbocycles. The van der Waals surface area contributed by atoms with Gasteiger partial charge in [-0.15, -0.1) is 0 Å². The van der Waals surface area contributed by atoms with E-state index in [-0.39, 0.29) is 0 Å². The number of hydrogen-bond donors (Lipinski definition) is 0. The minimum absolute atomic E-state index is 1.12. The molecule has 0 amide bonds. The van der Waals surface area contributed by atoms with Crippen molar-refractivity contribution in [3.05, 3.63) is 36.0 Å². The Hall–Kier alpha value is -1.28. The molecule has 2 aromatic rings. The smallest absolute Gasteiger partial charge is 0.0480 e. The normalized spacial score (nSPS) is 11.5. The lowest BCUT2D eigenvalue weighted by atomic mass is 10.1. The molecular formula is C14H20N2. The third-order valence-electron chi connectivity index (χ3n) is 3.28. The van der Waals surface area contributed by atoms with Gasteiger partial charge in [0.15, 0.2) is 0 Å². The molecule has 0 spiro atoms. The Kier molecular flexibility index (Phi) is 3.30. The Bertz CT molecular complexity index is 471. The monoisotopic (exact) mass is 216 g/mol. The summed E-state index contributed by atoms with van der Waals surface area (Å²) in [4.78, 5) is 2.35. The third kappa shape index (κ3) is 2.12. The number of aromatic nitrogens is 1. The van der Waals surface area contributed by atoms with Crippen LogP contribution in [-0.2, 0) is 13.5 Å². The molecule has 2 heteroatoms. The van der Waals surface area contributed by atoms with Crippen LogP contribution in [0, 0.1) is 0 Å². The zero-order valence-corrected chi connectivity index (χ0v) is 10.4. The molecule has 2 nitrogen and oxygen atoms in total. The van der Waals surface area contributed by atoms with E-state index in [1.807, 2.05) is 0 Å². The quantitative estimate of drug-likeness (QED) is 0.763. The molecule has 1 aromatic heterocycles. The van der Waals surface area contributed by atoms with Gasteiger partial charge in [-0.2, -0.15) is 0 Å². The first-order chi connectivity index (χ1) is 7.72. The van der Waals surface area contributed by atoms with Gasteiger partial charge in [0.2, 0.25) is 0 Å². The first-order valence-corrected chi connectivity index (χ1v) is 5.94. The Balaban J connectivity index is 2.24. The molecule has 0 bridgehead atoms. The van der Waals surface area contributed by atoms with Crippen LogP contribution in [0.4, 0.5) is 0 Å². The number of rotatable bonds is 4. The molecule has 86 valence electrons. The number of nitrogens with zero attached hydrogens (tertiary/aromatic N) is 2. The van der Waals surface area contributed by atoms with Gasteiger partial charge in [-0.25, -0.2) is 0 Å². The van der Waals surface area contributed by atoms with Gasteiger partial charge in [-0.05, 0) is 31.6 Å². The highest BCUT2D eigenvalue weighted by atomic mass is 15.1. The van der Waals surface area contributed by atoms with Gasteiger partial charge in [0.25, 0.3) is 0 Å². The molecule has 0 saturated heterocycles. The summed E-state index contributed by atoms with van der Waals surface area (Å²) in [5.41, 5.74) is 2.79. The molecule has 0 atom stereocenters. The van der Waals surface area contributed by atoms with Crippen molar-refractivity contribution in [3.63, 3.8) is 0 Å². The summed E-state index contributed by atoms with van der Waals surface area (Å²) in [5, 5.41) is 1.40. The van der Waals surface area contributed by atoms with Crippen LogP contribution < -0.4 is 0 Å². The van der Waals surface area contributed by atoms with Crippen LogP contribution in [0.2, 0.25) is 0 Å². The van der Waals surface area contributed by atoms with Gasteiger partial charge < -0.3 is 9.47 Å². The van der Waals surface area contributed by atoms with Crippen molar-refractivity contribution in [1.29, 1.82) is 0 Å². The lowest BCUT2D eigenvalue weighted by Crippen LogP contribution is -2.20. The molecule has 0 N–H and O–H groups in total. The molecule has 0 aliphatic heterocycles. The second-order valence-electron chi connectivity index (χ2n) is 4.43. The summed E-state index contributed by atoms with van der Waals surface area (Å²) in [6.45, 7) is 4.44. The Morgan fingerprint density at radius 2 is 2.00 bits per heavy atom. The second kappa shape index (κ2) is 4.71. The van der Waals surface area contributed by atoms with E-state index < -0.39 is 0 Å². The average Bonchev–Trinajstić information content (AvgIpc) is 2.64. The van der Waals surface area contributed by atoms with Crippen molar-refractivity contribution >= 4 is 10.9 Å². The minimum atomic E-state index is 1.12. The molecular weight excluding hydrogens is 196 g/mol. The van der Waals surface area contributed by atoms with Crippen molar-refractivity contribution in [2.75, 3.05) is 20.1 Å². The molecule has 0 radical (unpaired) electrons. The van der Waals surface area contributed by atoms with Crippen molar-refractivity contribution in [3.8, 4) is 0 Å². The SMILES string of the molecule is CCN(C)CCc1cn(C)c2ccccc12. The maximum atomic E-state index is 2.35. The van der Waals surface area contributed by atoms with Crippen LogP contribution >= 0.6 is 0 Å². The Morgan fingerprint density at radius 1 is 1.25 bits per heavy atom. The van der Waals surface area contributed by atoms with Crippen LogP contribution in [0.1, 0.15) is 12.5 Å². The van der Waals surface area contributed by atoms with Crippen LogP contribution in [0.5, 0.6) is 0 Å². The zero-order chi connectivity index (χ0) is 11.5. The first-order valence-electron chi connectivity index (χ1n) is 5.94. The second-order valence-corrected chi connectivity index (χ2v) is 4.43. The fourth-order valence-corrected chi connectivity index (χ4v) is 2.09. The van der Waals surface area contributed by atoms with Crippen molar-refractivity contribution in [2.24, 2.45) is 7.05 Å². The number of benzene rings is 1. The molecule has 16 heavy (non-hydrogen) atoms. The van der Waals surface area contributed by atoms with Gasteiger partial charge in [-0.1, -0.05) is 25.1 Å². The van der Waals surface area contributed by atoms with Gasteiger partial charge in [0.1, 0.15) is 0 Å². The molecule has 2 rings (SSSR count). The van der Waals surface area contributed by atoms with Crippen molar-refractivity contribution in [1.82, 2.24) is 9.47 Å². The highest BCUT2D eigenvalue weighted by Gasteiger charge is 2.06. The van der Waals surface area contributed by atoms with Gasteiger partial charge in [-0.3, -0.25) is 0 Å². The van der Waals surface area contributed by atoms with Crippen LogP contribution in [0.25, 0.3) is 10.9 Å². The highest BCUT2D eigenvalue weighted by Crippen LogP contribution is 2.20. The fraction of sp³-hybridized carbons (Fsp3) is 0.429. The molecule has 1 heterocycles. The Labute approximate surface area is 97.5 Å². The van der Waals surface area contributed by atoms with Crippen LogP contribution in [-0.4, -0.2) is 29.6 Å². The van der Waals surface area contributed by atoms with Crippen LogP contribution in [0.15, 0.2) is 30.5 Å². The van der Waals surface area contributed by atoms with E-state index in [2.05, 4.69) is 60.9 Å². The maximum absolute atomic E-state index is 2.35. The van der Waals surface area contributed by atoms with E-state index >= 15 is 0 Å². The van der Waals surface area contributed by atoms with E-state index in [1.165, 1.54) is 16.5 Å². The van der Waals surface area contributed by atoms with E-state index in [1.54, 1.807) is 0 Å². The summed E-state index contributed by atoms with van der Waals surface area (Å²) >= 11 is 0. The predicted molar refractivity (Wildman–Crippen MR) is 69.8 cm³/mol. The molecule has 0 aliphatic rings. The number of aryl methyl sites for hydroxylation is 1. The summed E-state index contributed by atoms with van der Waals surface area (Å²) in [6, 6.07) is 8.62. The molecule has 0 aliphatic carbocycles. The number of fused-ring (bicyclic) bond motifs is 1. The van der Waals surface area contributed by atoms with Crippen LogP contribution in [0.3, 0.4) is 0 Å². The first kappa shape index (κ1) is 11.2. The number of likely N-dealkylation sites (N-methyl/N-ethyl adjacent to an activating group) is 1. The van der Waals surface area contributed by atoms with Crippen molar-refractivity contribution in [2.45, 2.75) is 13.3 Å². The highest BCUT2D eigenvalue weighted by molar-refractivity contribution is 5.83.